The molecule has 0 fully saturated rings. The first-order valence-electron chi connectivity index (χ1n) is 6.02. The molecule has 0 saturated heterocycles. The number of H-pyrrole nitrogens is 1. The van der Waals surface area contributed by atoms with Gasteiger partial charge in [0.15, 0.2) is 0 Å². The summed E-state index contributed by atoms with van der Waals surface area (Å²) in [5.41, 5.74) is 5.32. The Balaban J connectivity index is 2.22. The van der Waals surface area contributed by atoms with Crippen LogP contribution in [0.25, 0.3) is 0 Å². The van der Waals surface area contributed by atoms with Crippen LogP contribution >= 0.6 is 0 Å². The molecule has 110 valence electrons. The number of amides is 1. The van der Waals surface area contributed by atoms with E-state index in [0.717, 1.165) is 10.1 Å². The minimum absolute atomic E-state index is 0.378. The van der Waals surface area contributed by atoms with E-state index in [4.69, 9.17) is 5.73 Å². The molecule has 2 aromatic rings. The first-order valence-corrected chi connectivity index (χ1v) is 6.02. The molecule has 0 aliphatic rings. The molecule has 21 heavy (non-hydrogen) atoms. The van der Waals surface area contributed by atoms with Crippen molar-refractivity contribution in [2.45, 2.75) is 13.5 Å². The van der Waals surface area contributed by atoms with Gasteiger partial charge >= 0.3 is 5.69 Å². The van der Waals surface area contributed by atoms with E-state index in [1.54, 1.807) is 30.1 Å². The number of nitrogen functional groups attached to an aromatic ring is 1. The summed E-state index contributed by atoms with van der Waals surface area (Å²) in [6.45, 7) is 1.32. The molecule has 1 aromatic heterocycles. The Morgan fingerprint density at radius 1 is 1.43 bits per heavy atom. The minimum Gasteiger partial charge on any atom is -0.397 e. The fourth-order valence-corrected chi connectivity index (χ4v) is 1.80. The first-order chi connectivity index (χ1) is 9.88. The highest BCUT2D eigenvalue weighted by atomic mass is 19.1. The number of rotatable bonds is 3. The number of anilines is 2. The zero-order valence-corrected chi connectivity index (χ0v) is 11.1. The lowest BCUT2D eigenvalue weighted by Gasteiger charge is -2.11. The molecule has 8 heteroatoms. The largest absolute Gasteiger partial charge is 0.397 e. The number of carbonyl (C=O) groups excluding carboxylic acids is 1. The summed E-state index contributed by atoms with van der Waals surface area (Å²) in [4.78, 5) is 36.0. The van der Waals surface area contributed by atoms with Crippen molar-refractivity contribution in [2.24, 2.45) is 0 Å². The highest BCUT2D eigenvalue weighted by Gasteiger charge is 2.11. The fraction of sp³-hybridized carbons (Fsp3) is 0.154. The van der Waals surface area contributed by atoms with Gasteiger partial charge in [-0.1, -0.05) is 12.1 Å². The van der Waals surface area contributed by atoms with Crippen LogP contribution in [0.5, 0.6) is 0 Å². The third-order valence-corrected chi connectivity index (χ3v) is 2.85. The molecule has 2 rings (SSSR count). The van der Waals surface area contributed by atoms with Crippen LogP contribution in [0.3, 0.4) is 0 Å². The van der Waals surface area contributed by atoms with Gasteiger partial charge in [0.1, 0.15) is 6.54 Å². The van der Waals surface area contributed by atoms with Gasteiger partial charge < -0.3 is 11.1 Å². The average Bonchev–Trinajstić information content (AvgIpc) is 2.40. The molecule has 0 aliphatic heterocycles. The second-order valence-electron chi connectivity index (χ2n) is 4.45. The number of hydrogen-bond acceptors (Lipinski definition) is 4. The molecule has 0 aliphatic carbocycles. The van der Waals surface area contributed by atoms with Gasteiger partial charge in [-0.15, -0.1) is 0 Å². The summed E-state index contributed by atoms with van der Waals surface area (Å²) in [7, 11) is 0. The maximum atomic E-state index is 13.1. The number of carbonyl (C=O) groups is 1. The highest BCUT2D eigenvalue weighted by Crippen LogP contribution is 2.22. The van der Waals surface area contributed by atoms with Gasteiger partial charge in [0.25, 0.3) is 5.56 Å². The van der Waals surface area contributed by atoms with Crippen LogP contribution in [0.15, 0.2) is 34.0 Å². The monoisotopic (exact) mass is 292 g/mol. The van der Waals surface area contributed by atoms with Crippen molar-refractivity contribution < 1.29 is 9.18 Å². The lowest BCUT2D eigenvalue weighted by Crippen LogP contribution is -2.34. The van der Waals surface area contributed by atoms with Gasteiger partial charge in [-0.05, 0) is 18.6 Å². The number of aromatic amines is 1. The van der Waals surface area contributed by atoms with Gasteiger partial charge in [0, 0.05) is 0 Å². The molecular formula is C13H13FN4O3. The smallest absolute Gasteiger partial charge is 0.328 e. The minimum atomic E-state index is -1.14. The summed E-state index contributed by atoms with van der Waals surface area (Å²) in [6.07, 6.45) is 0.682. The Kier molecular flexibility index (Phi) is 3.88. The number of nitrogens with one attached hydrogen (secondary N) is 2. The van der Waals surface area contributed by atoms with Crippen molar-refractivity contribution >= 4 is 17.3 Å². The third-order valence-electron chi connectivity index (χ3n) is 2.85. The maximum Gasteiger partial charge on any atom is 0.328 e. The second-order valence-corrected chi connectivity index (χ2v) is 4.45. The molecule has 7 nitrogen and oxygen atoms in total. The van der Waals surface area contributed by atoms with Crippen LogP contribution in [0.1, 0.15) is 5.56 Å². The molecule has 1 amide bonds. The van der Waals surface area contributed by atoms with Crippen LogP contribution < -0.4 is 22.3 Å². The number of benzene rings is 1. The Bertz CT molecular complexity index is 790. The average molecular weight is 292 g/mol. The Morgan fingerprint density at radius 2 is 2.14 bits per heavy atom. The number of nitrogens with two attached hydrogens (primary N) is 1. The Hall–Kier alpha value is -2.90. The van der Waals surface area contributed by atoms with Crippen LogP contribution in [0, 0.1) is 12.7 Å². The van der Waals surface area contributed by atoms with E-state index >= 15 is 0 Å². The molecule has 4 N–H and O–H groups in total. The van der Waals surface area contributed by atoms with E-state index in [-0.39, 0.29) is 0 Å². The van der Waals surface area contributed by atoms with E-state index in [2.05, 4.69) is 5.32 Å². The van der Waals surface area contributed by atoms with Crippen molar-refractivity contribution in [1.29, 1.82) is 0 Å². The lowest BCUT2D eigenvalue weighted by atomic mass is 10.1. The van der Waals surface area contributed by atoms with Crippen molar-refractivity contribution in [3.8, 4) is 0 Å². The number of nitrogens with zero attached hydrogens (tertiary/aromatic N) is 1. The summed E-state index contributed by atoms with van der Waals surface area (Å²) < 4.78 is 13.9. The third kappa shape index (κ3) is 3.16. The van der Waals surface area contributed by atoms with Crippen molar-refractivity contribution in [1.82, 2.24) is 9.55 Å². The molecule has 0 saturated carbocycles. The first kappa shape index (κ1) is 14.5. The lowest BCUT2D eigenvalue weighted by molar-refractivity contribution is -0.116. The van der Waals surface area contributed by atoms with Crippen molar-refractivity contribution in [3.63, 3.8) is 0 Å². The van der Waals surface area contributed by atoms with Gasteiger partial charge in [0.05, 0.1) is 17.6 Å². The molecule has 1 heterocycles. The predicted molar refractivity (Wildman–Crippen MR) is 75.5 cm³/mol. The SMILES string of the molecule is Cc1cccc(N)c1NC(=O)Cn1cc(F)c(=O)[nH]c1=O. The van der Waals surface area contributed by atoms with E-state index in [1.165, 1.54) is 0 Å². The predicted octanol–water partition coefficient (Wildman–Crippen LogP) is 0.205. The Morgan fingerprint density at radius 3 is 2.81 bits per heavy atom. The summed E-state index contributed by atoms with van der Waals surface area (Å²) in [5.74, 6) is -1.71. The van der Waals surface area contributed by atoms with Crippen LogP contribution in [-0.2, 0) is 11.3 Å². The highest BCUT2D eigenvalue weighted by molar-refractivity contribution is 5.94. The topological polar surface area (TPSA) is 110 Å². The van der Waals surface area contributed by atoms with Crippen LogP contribution in [0.4, 0.5) is 15.8 Å². The zero-order valence-electron chi connectivity index (χ0n) is 11.1. The van der Waals surface area contributed by atoms with Crippen molar-refractivity contribution in [3.05, 3.63) is 56.6 Å². The van der Waals surface area contributed by atoms with E-state index in [1.807, 2.05) is 0 Å². The number of hydrogen-bond donors (Lipinski definition) is 3. The molecule has 0 spiro atoms. The molecule has 0 unspecified atom stereocenters. The standard InChI is InChI=1S/C13H13FN4O3/c1-7-3-2-4-9(15)11(7)16-10(19)6-18-5-8(14)12(20)17-13(18)21/h2-5H,6,15H2,1H3,(H,16,19)(H,17,20,21). The quantitative estimate of drug-likeness (QED) is 0.702. The van der Waals surface area contributed by atoms with Crippen LogP contribution in [-0.4, -0.2) is 15.5 Å². The number of aryl methyl sites for hydroxylation is 1. The number of halogens is 1. The number of para-hydroxylation sites is 1. The summed E-state index contributed by atoms with van der Waals surface area (Å²) in [6, 6.07) is 5.12. The van der Waals surface area contributed by atoms with Crippen LogP contribution in [0.2, 0.25) is 0 Å². The van der Waals surface area contributed by atoms with Gasteiger partial charge in [-0.3, -0.25) is 19.1 Å². The van der Waals surface area contributed by atoms with Crippen molar-refractivity contribution in [2.75, 3.05) is 11.1 Å². The van der Waals surface area contributed by atoms with E-state index < -0.39 is 29.5 Å². The fourth-order valence-electron chi connectivity index (χ4n) is 1.80. The van der Waals surface area contributed by atoms with E-state index in [9.17, 15) is 18.8 Å². The summed E-state index contributed by atoms with van der Waals surface area (Å²) >= 11 is 0. The molecule has 0 bridgehead atoms. The van der Waals surface area contributed by atoms with Gasteiger partial charge in [-0.25, -0.2) is 4.79 Å². The van der Waals surface area contributed by atoms with Gasteiger partial charge in [0.2, 0.25) is 11.7 Å². The second kappa shape index (κ2) is 5.61. The maximum absolute atomic E-state index is 13.1. The summed E-state index contributed by atoms with van der Waals surface area (Å²) in [5, 5.41) is 2.55. The molecule has 0 radical (unpaired) electrons. The Labute approximate surface area is 118 Å². The zero-order chi connectivity index (χ0) is 15.6. The molecule has 1 aromatic carbocycles. The number of aromatic nitrogens is 2. The van der Waals surface area contributed by atoms with Gasteiger partial charge in [-0.2, -0.15) is 4.39 Å². The van der Waals surface area contributed by atoms with E-state index in [0.29, 0.717) is 17.6 Å². The normalized spacial score (nSPS) is 10.4. The molecule has 0 atom stereocenters. The molecular weight excluding hydrogens is 279 g/mol.